The van der Waals surface area contributed by atoms with Crippen molar-refractivity contribution in [2.75, 3.05) is 0 Å². The molecule has 1 N–H and O–H groups in total. The average molecular weight is 445 g/mol. The van der Waals surface area contributed by atoms with E-state index in [1.54, 1.807) is 36.5 Å². The summed E-state index contributed by atoms with van der Waals surface area (Å²) in [6, 6.07) is 15.2. The van der Waals surface area contributed by atoms with Gasteiger partial charge in [0.1, 0.15) is 22.8 Å². The summed E-state index contributed by atoms with van der Waals surface area (Å²) in [5.74, 6) is -0.773. The lowest BCUT2D eigenvalue weighted by Crippen LogP contribution is -2.33. The molecule has 5 nitrogen and oxygen atoms in total. The van der Waals surface area contributed by atoms with Gasteiger partial charge in [-0.15, -0.1) is 0 Å². The Bertz CT molecular complexity index is 1390. The van der Waals surface area contributed by atoms with E-state index in [1.807, 2.05) is 6.07 Å². The highest BCUT2D eigenvalue weighted by atomic mass is 19.1. The lowest BCUT2D eigenvalue weighted by atomic mass is 10.1. The number of carbonyl (C=O) groups excluding carboxylic acids is 1. The molecule has 33 heavy (non-hydrogen) atoms. The molecule has 2 aromatic carbocycles. The molecule has 166 valence electrons. The number of aromatic nitrogens is 2. The van der Waals surface area contributed by atoms with Crippen LogP contribution in [0.2, 0.25) is 0 Å². The maximum absolute atomic E-state index is 13.3. The molecule has 1 fully saturated rings. The van der Waals surface area contributed by atoms with E-state index in [0.29, 0.717) is 17.0 Å². The van der Waals surface area contributed by atoms with Crippen LogP contribution >= 0.6 is 0 Å². The van der Waals surface area contributed by atoms with Gasteiger partial charge in [-0.25, -0.2) is 13.8 Å². The van der Waals surface area contributed by atoms with Crippen LogP contribution in [0, 0.1) is 11.6 Å². The molecule has 0 unspecified atom stereocenters. The molecular formula is C26H21F2N3O2. The standard InChI is InChI=1S/C26H21F2N3O2/c27-21-7-1-16(2-8-21)13-30-25(32)23-12-19-11-20(18-5-6-18)14-29-24(19)31(26(23)33)15-17-3-9-22(28)10-4-17/h1-4,7-12,14,18H,5-6,13,15H2,(H,30,32). The van der Waals surface area contributed by atoms with Crippen LogP contribution in [0.15, 0.2) is 71.7 Å². The molecule has 1 saturated carbocycles. The van der Waals surface area contributed by atoms with E-state index in [0.717, 1.165) is 29.5 Å². The van der Waals surface area contributed by atoms with Crippen molar-refractivity contribution in [3.63, 3.8) is 0 Å². The predicted octanol–water partition coefficient (Wildman–Crippen LogP) is 4.53. The minimum Gasteiger partial charge on any atom is -0.348 e. The predicted molar refractivity (Wildman–Crippen MR) is 121 cm³/mol. The largest absolute Gasteiger partial charge is 0.348 e. The molecular weight excluding hydrogens is 424 g/mol. The molecule has 2 heterocycles. The Labute approximate surface area is 188 Å². The summed E-state index contributed by atoms with van der Waals surface area (Å²) in [6.45, 7) is 0.319. The van der Waals surface area contributed by atoms with Crippen molar-refractivity contribution in [3.05, 3.63) is 111 Å². The Hall–Kier alpha value is -3.87. The Morgan fingerprint density at radius 1 is 0.970 bits per heavy atom. The van der Waals surface area contributed by atoms with Crippen LogP contribution in [0.1, 0.15) is 45.8 Å². The zero-order valence-corrected chi connectivity index (χ0v) is 17.7. The average Bonchev–Trinajstić information content (AvgIpc) is 3.67. The van der Waals surface area contributed by atoms with Gasteiger partial charge in [-0.1, -0.05) is 24.3 Å². The SMILES string of the molecule is O=C(NCc1ccc(F)cc1)c1cc2cc(C3CC3)cnc2n(Cc2ccc(F)cc2)c1=O. The van der Waals surface area contributed by atoms with Gasteiger partial charge < -0.3 is 5.32 Å². The number of carbonyl (C=O) groups is 1. The fourth-order valence-corrected chi connectivity index (χ4v) is 3.88. The molecule has 0 saturated heterocycles. The Morgan fingerprint density at radius 2 is 1.61 bits per heavy atom. The summed E-state index contributed by atoms with van der Waals surface area (Å²) in [5.41, 5.74) is 2.53. The van der Waals surface area contributed by atoms with Crippen molar-refractivity contribution in [2.24, 2.45) is 0 Å². The van der Waals surface area contributed by atoms with E-state index in [2.05, 4.69) is 10.3 Å². The summed E-state index contributed by atoms with van der Waals surface area (Å²) in [6.07, 6.45) is 4.00. The second-order valence-electron chi connectivity index (χ2n) is 8.34. The van der Waals surface area contributed by atoms with Gasteiger partial charge in [-0.2, -0.15) is 0 Å². The first kappa shape index (κ1) is 21.0. The molecule has 0 spiro atoms. The van der Waals surface area contributed by atoms with Gasteiger partial charge in [0.25, 0.3) is 11.5 Å². The lowest BCUT2D eigenvalue weighted by Gasteiger charge is -2.14. The van der Waals surface area contributed by atoms with Gasteiger partial charge in [0.05, 0.1) is 6.54 Å². The Morgan fingerprint density at radius 3 is 2.24 bits per heavy atom. The molecule has 1 aliphatic carbocycles. The first-order valence-corrected chi connectivity index (χ1v) is 10.8. The number of nitrogens with one attached hydrogen (secondary N) is 1. The number of hydrogen-bond donors (Lipinski definition) is 1. The first-order valence-electron chi connectivity index (χ1n) is 10.8. The fraction of sp³-hybridized carbons (Fsp3) is 0.192. The normalized spacial score (nSPS) is 13.3. The molecule has 0 radical (unpaired) electrons. The number of hydrogen-bond acceptors (Lipinski definition) is 3. The number of nitrogens with zero attached hydrogens (tertiary/aromatic N) is 2. The topological polar surface area (TPSA) is 64.0 Å². The van der Waals surface area contributed by atoms with E-state index in [1.165, 1.54) is 28.8 Å². The highest BCUT2D eigenvalue weighted by Gasteiger charge is 2.25. The summed E-state index contributed by atoms with van der Waals surface area (Å²) in [5, 5.41) is 3.45. The molecule has 0 atom stereocenters. The minimum absolute atomic E-state index is 0.00136. The van der Waals surface area contributed by atoms with Crippen LogP contribution < -0.4 is 10.9 Å². The van der Waals surface area contributed by atoms with Gasteiger partial charge in [0.15, 0.2) is 0 Å². The smallest absolute Gasteiger partial charge is 0.265 e. The first-order chi connectivity index (χ1) is 16.0. The van der Waals surface area contributed by atoms with Crippen molar-refractivity contribution >= 4 is 16.9 Å². The van der Waals surface area contributed by atoms with Crippen LogP contribution in [0.5, 0.6) is 0 Å². The molecule has 4 aromatic rings. The van der Waals surface area contributed by atoms with Gasteiger partial charge in [0.2, 0.25) is 0 Å². The van der Waals surface area contributed by atoms with E-state index in [4.69, 9.17) is 0 Å². The van der Waals surface area contributed by atoms with E-state index in [9.17, 15) is 18.4 Å². The van der Waals surface area contributed by atoms with E-state index >= 15 is 0 Å². The van der Waals surface area contributed by atoms with Gasteiger partial charge in [-0.3, -0.25) is 14.2 Å². The fourth-order valence-electron chi connectivity index (χ4n) is 3.88. The summed E-state index contributed by atoms with van der Waals surface area (Å²) < 4.78 is 27.9. The third kappa shape index (κ3) is 4.53. The Kier molecular flexibility index (Phi) is 5.46. The monoisotopic (exact) mass is 445 g/mol. The summed E-state index contributed by atoms with van der Waals surface area (Å²) in [7, 11) is 0. The maximum atomic E-state index is 13.3. The van der Waals surface area contributed by atoms with Crippen LogP contribution in [0.4, 0.5) is 8.78 Å². The van der Waals surface area contributed by atoms with E-state index in [-0.39, 0.29) is 30.3 Å². The van der Waals surface area contributed by atoms with Crippen LogP contribution in [-0.4, -0.2) is 15.5 Å². The van der Waals surface area contributed by atoms with Crippen LogP contribution in [-0.2, 0) is 13.1 Å². The lowest BCUT2D eigenvalue weighted by molar-refractivity contribution is 0.0949. The van der Waals surface area contributed by atoms with E-state index < -0.39 is 11.5 Å². The van der Waals surface area contributed by atoms with Crippen LogP contribution in [0.3, 0.4) is 0 Å². The Balaban J connectivity index is 1.53. The zero-order chi connectivity index (χ0) is 22.9. The van der Waals surface area contributed by atoms with Crippen LogP contribution in [0.25, 0.3) is 11.0 Å². The van der Waals surface area contributed by atoms with Gasteiger partial charge in [-0.05, 0) is 71.8 Å². The number of halogens is 2. The molecule has 5 rings (SSSR count). The number of rotatable bonds is 6. The van der Waals surface area contributed by atoms with Crippen molar-refractivity contribution in [1.82, 2.24) is 14.9 Å². The zero-order valence-electron chi connectivity index (χ0n) is 17.7. The maximum Gasteiger partial charge on any atom is 0.265 e. The quantitative estimate of drug-likeness (QED) is 0.474. The highest BCUT2D eigenvalue weighted by Crippen LogP contribution is 2.40. The number of benzene rings is 2. The van der Waals surface area contributed by atoms with Gasteiger partial charge >= 0.3 is 0 Å². The van der Waals surface area contributed by atoms with Crippen molar-refractivity contribution in [3.8, 4) is 0 Å². The highest BCUT2D eigenvalue weighted by molar-refractivity contribution is 5.97. The summed E-state index contributed by atoms with van der Waals surface area (Å²) >= 11 is 0. The third-order valence-corrected chi connectivity index (χ3v) is 5.86. The molecule has 1 aliphatic rings. The van der Waals surface area contributed by atoms with Crippen molar-refractivity contribution < 1.29 is 13.6 Å². The second kappa shape index (κ2) is 8.58. The molecule has 2 aromatic heterocycles. The number of amides is 1. The molecule has 7 heteroatoms. The molecule has 1 amide bonds. The number of fused-ring (bicyclic) bond motifs is 1. The third-order valence-electron chi connectivity index (χ3n) is 5.86. The van der Waals surface area contributed by atoms with Crippen molar-refractivity contribution in [1.29, 1.82) is 0 Å². The summed E-state index contributed by atoms with van der Waals surface area (Å²) in [4.78, 5) is 30.8. The second-order valence-corrected chi connectivity index (χ2v) is 8.34. The van der Waals surface area contributed by atoms with Gasteiger partial charge in [0, 0.05) is 18.1 Å². The van der Waals surface area contributed by atoms with Crippen molar-refractivity contribution in [2.45, 2.75) is 31.8 Å². The molecule has 0 bridgehead atoms. The number of pyridine rings is 2. The minimum atomic E-state index is -0.518. The molecule has 0 aliphatic heterocycles.